The van der Waals surface area contributed by atoms with Gasteiger partial charge in [0.25, 0.3) is 11.6 Å². The largest absolute Gasteiger partial charge is 0.481 e. The Balaban J connectivity index is 1.88. The van der Waals surface area contributed by atoms with Crippen LogP contribution >= 0.6 is 11.3 Å². The number of aliphatic carboxylic acids is 1. The van der Waals surface area contributed by atoms with Crippen LogP contribution in [0.2, 0.25) is 0 Å². The number of hydrogen-bond acceptors (Lipinski definition) is 5. The summed E-state index contributed by atoms with van der Waals surface area (Å²) in [5, 5.41) is 20.6. The van der Waals surface area contributed by atoms with Crippen molar-refractivity contribution in [3.05, 3.63) is 39.3 Å². The van der Waals surface area contributed by atoms with Crippen molar-refractivity contribution in [1.82, 2.24) is 4.90 Å². The van der Waals surface area contributed by atoms with E-state index >= 15 is 0 Å². The van der Waals surface area contributed by atoms with Gasteiger partial charge in [0.05, 0.1) is 15.7 Å². The smallest absolute Gasteiger partial charge is 0.308 e. The van der Waals surface area contributed by atoms with E-state index in [-0.39, 0.29) is 24.2 Å². The zero-order valence-electron chi connectivity index (χ0n) is 13.0. The number of carboxylic acid groups (broad SMARTS) is 1. The Bertz CT molecular complexity index is 827. The first-order chi connectivity index (χ1) is 11.4. The highest BCUT2D eigenvalue weighted by atomic mass is 32.1. The molecule has 0 radical (unpaired) electrons. The molecule has 0 spiro atoms. The summed E-state index contributed by atoms with van der Waals surface area (Å²) in [6.45, 7) is 1.76. The maximum absolute atomic E-state index is 12.8. The first kappa shape index (κ1) is 16.4. The van der Waals surface area contributed by atoms with Crippen molar-refractivity contribution in [3.63, 3.8) is 0 Å². The van der Waals surface area contributed by atoms with E-state index in [1.165, 1.54) is 23.5 Å². The lowest BCUT2D eigenvalue weighted by atomic mass is 10.1. The van der Waals surface area contributed by atoms with Crippen LogP contribution in [0.5, 0.6) is 0 Å². The fourth-order valence-corrected chi connectivity index (χ4v) is 3.55. The van der Waals surface area contributed by atoms with Gasteiger partial charge in [0.15, 0.2) is 0 Å². The molecule has 0 bridgehead atoms. The Kier molecular flexibility index (Phi) is 4.23. The number of amides is 1. The summed E-state index contributed by atoms with van der Waals surface area (Å²) >= 11 is 1.27. The van der Waals surface area contributed by atoms with Crippen molar-refractivity contribution in [1.29, 1.82) is 0 Å². The highest BCUT2D eigenvalue weighted by Crippen LogP contribution is 2.33. The third-order valence-electron chi connectivity index (χ3n) is 4.06. The number of non-ortho nitro benzene ring substituents is 1. The van der Waals surface area contributed by atoms with E-state index in [0.717, 1.165) is 17.5 Å². The molecule has 1 aromatic carbocycles. The fourth-order valence-electron chi connectivity index (χ4n) is 2.55. The minimum absolute atomic E-state index is 0.0159. The number of nitro benzene ring substituents is 1. The van der Waals surface area contributed by atoms with E-state index in [4.69, 9.17) is 5.11 Å². The molecule has 1 aromatic heterocycles. The van der Waals surface area contributed by atoms with Crippen molar-refractivity contribution >= 4 is 39.0 Å². The molecule has 8 heteroatoms. The molecule has 1 aliphatic carbocycles. The molecule has 0 aliphatic heterocycles. The van der Waals surface area contributed by atoms with E-state index < -0.39 is 16.8 Å². The zero-order valence-corrected chi connectivity index (χ0v) is 13.8. The quantitative estimate of drug-likeness (QED) is 0.638. The van der Waals surface area contributed by atoms with Crippen LogP contribution in [-0.4, -0.2) is 39.4 Å². The second-order valence-electron chi connectivity index (χ2n) is 6.02. The van der Waals surface area contributed by atoms with Crippen LogP contribution in [-0.2, 0) is 4.79 Å². The summed E-state index contributed by atoms with van der Waals surface area (Å²) in [5.74, 6) is -1.76. The molecule has 1 N–H and O–H groups in total. The maximum Gasteiger partial charge on any atom is 0.308 e. The van der Waals surface area contributed by atoms with Gasteiger partial charge < -0.3 is 10.0 Å². The summed E-state index contributed by atoms with van der Waals surface area (Å²) in [4.78, 5) is 36.4. The molecule has 0 saturated heterocycles. The van der Waals surface area contributed by atoms with Crippen LogP contribution in [0.15, 0.2) is 24.3 Å². The van der Waals surface area contributed by atoms with Crippen LogP contribution in [0.25, 0.3) is 10.1 Å². The van der Waals surface area contributed by atoms with Gasteiger partial charge in [-0.1, -0.05) is 6.92 Å². The van der Waals surface area contributed by atoms with Gasteiger partial charge in [-0.05, 0) is 25.0 Å². The molecule has 1 aliphatic rings. The van der Waals surface area contributed by atoms with Crippen LogP contribution in [0, 0.1) is 16.0 Å². The number of carbonyl (C=O) groups is 2. The topological polar surface area (TPSA) is 101 Å². The first-order valence-corrected chi connectivity index (χ1v) is 8.40. The van der Waals surface area contributed by atoms with Crippen LogP contribution in [0.4, 0.5) is 5.69 Å². The summed E-state index contributed by atoms with van der Waals surface area (Å²) in [6.07, 6.45) is 1.77. The standard InChI is InChI=1S/C16H16N2O5S/c1-9(16(20)21)8-17(11-2-3-11)15(19)14-7-10-6-12(18(22)23)4-5-13(10)24-14/h4-7,9,11H,2-3,8H2,1H3,(H,20,21). The Morgan fingerprint density at radius 3 is 2.71 bits per heavy atom. The third kappa shape index (κ3) is 3.23. The van der Waals surface area contributed by atoms with E-state index in [1.807, 2.05) is 0 Å². The molecule has 1 fully saturated rings. The molecule has 126 valence electrons. The molecule has 1 unspecified atom stereocenters. The van der Waals surface area contributed by atoms with E-state index in [0.29, 0.717) is 10.3 Å². The first-order valence-electron chi connectivity index (χ1n) is 7.58. The van der Waals surface area contributed by atoms with Crippen molar-refractivity contribution < 1.29 is 19.6 Å². The van der Waals surface area contributed by atoms with Gasteiger partial charge in [0.1, 0.15) is 0 Å². The molecular weight excluding hydrogens is 332 g/mol. The molecule has 24 heavy (non-hydrogen) atoms. The average molecular weight is 348 g/mol. The van der Waals surface area contributed by atoms with Gasteiger partial charge in [-0.25, -0.2) is 0 Å². The predicted molar refractivity (Wildman–Crippen MR) is 89.3 cm³/mol. The highest BCUT2D eigenvalue weighted by molar-refractivity contribution is 7.20. The average Bonchev–Trinajstić information content (AvgIpc) is 3.28. The summed E-state index contributed by atoms with van der Waals surface area (Å²) < 4.78 is 0.797. The second-order valence-corrected chi connectivity index (χ2v) is 7.10. The van der Waals surface area contributed by atoms with Gasteiger partial charge >= 0.3 is 5.97 Å². The zero-order chi connectivity index (χ0) is 17.4. The summed E-state index contributed by atoms with van der Waals surface area (Å²) in [5.41, 5.74) is -0.0159. The molecule has 7 nitrogen and oxygen atoms in total. The number of rotatable bonds is 6. The number of carbonyl (C=O) groups excluding carboxylic acids is 1. The molecule has 1 atom stereocenters. The lowest BCUT2D eigenvalue weighted by molar-refractivity contribution is -0.384. The van der Waals surface area contributed by atoms with Crippen LogP contribution < -0.4 is 0 Å². The minimum atomic E-state index is -0.930. The lowest BCUT2D eigenvalue weighted by Gasteiger charge is -2.23. The van der Waals surface area contributed by atoms with E-state index in [9.17, 15) is 19.7 Å². The summed E-state index contributed by atoms with van der Waals surface area (Å²) in [7, 11) is 0. The summed E-state index contributed by atoms with van der Waals surface area (Å²) in [6, 6.07) is 6.24. The monoisotopic (exact) mass is 348 g/mol. The molecule has 1 amide bonds. The number of thiophene rings is 1. The van der Waals surface area contributed by atoms with Crippen molar-refractivity contribution in [2.75, 3.05) is 6.54 Å². The normalized spacial score (nSPS) is 15.2. The van der Waals surface area contributed by atoms with Crippen LogP contribution in [0.1, 0.15) is 29.4 Å². The SMILES string of the molecule is CC(CN(C(=O)c1cc2cc([N+](=O)[O-])ccc2s1)C1CC1)C(=O)O. The lowest BCUT2D eigenvalue weighted by Crippen LogP contribution is -2.38. The van der Waals surface area contributed by atoms with Crippen molar-refractivity contribution in [2.45, 2.75) is 25.8 Å². The molecule has 2 aromatic rings. The van der Waals surface area contributed by atoms with Crippen molar-refractivity contribution in [2.24, 2.45) is 5.92 Å². The Labute approximate surface area is 141 Å². The van der Waals surface area contributed by atoms with Gasteiger partial charge in [0, 0.05) is 34.8 Å². The maximum atomic E-state index is 12.8. The number of nitrogens with zero attached hydrogens (tertiary/aromatic N) is 2. The highest BCUT2D eigenvalue weighted by Gasteiger charge is 2.35. The van der Waals surface area contributed by atoms with Gasteiger partial charge in [-0.15, -0.1) is 11.3 Å². The molecule has 1 saturated carbocycles. The second kappa shape index (κ2) is 6.20. The fraction of sp³-hybridized carbons (Fsp3) is 0.375. The number of fused-ring (bicyclic) bond motifs is 1. The minimum Gasteiger partial charge on any atom is -0.481 e. The van der Waals surface area contributed by atoms with Crippen LogP contribution in [0.3, 0.4) is 0 Å². The van der Waals surface area contributed by atoms with Gasteiger partial charge in [-0.3, -0.25) is 19.7 Å². The predicted octanol–water partition coefficient (Wildman–Crippen LogP) is 3.13. The number of nitro groups is 1. The third-order valence-corrected chi connectivity index (χ3v) is 5.17. The van der Waals surface area contributed by atoms with E-state index in [1.54, 1.807) is 24.0 Å². The Morgan fingerprint density at radius 2 is 2.12 bits per heavy atom. The van der Waals surface area contributed by atoms with Gasteiger partial charge in [-0.2, -0.15) is 0 Å². The Morgan fingerprint density at radius 1 is 1.42 bits per heavy atom. The van der Waals surface area contributed by atoms with Crippen molar-refractivity contribution in [3.8, 4) is 0 Å². The number of hydrogen-bond donors (Lipinski definition) is 1. The molecule has 3 rings (SSSR count). The van der Waals surface area contributed by atoms with E-state index in [2.05, 4.69) is 0 Å². The van der Waals surface area contributed by atoms with Gasteiger partial charge in [0.2, 0.25) is 0 Å². The molecule has 1 heterocycles. The number of benzene rings is 1. The Hall–Kier alpha value is -2.48. The number of carboxylic acids is 1. The molecular formula is C16H16N2O5S.